The van der Waals surface area contributed by atoms with Crippen molar-refractivity contribution in [1.29, 1.82) is 0 Å². The summed E-state index contributed by atoms with van der Waals surface area (Å²) in [6, 6.07) is -0.955. The van der Waals surface area contributed by atoms with Gasteiger partial charge in [-0.05, 0) is 18.8 Å². The highest BCUT2D eigenvalue weighted by molar-refractivity contribution is 7.92. The van der Waals surface area contributed by atoms with E-state index in [0.29, 0.717) is 0 Å². The van der Waals surface area contributed by atoms with Gasteiger partial charge < -0.3 is 4.74 Å². The number of esters is 1. The van der Waals surface area contributed by atoms with Crippen LogP contribution in [0.5, 0.6) is 0 Å². The molecule has 1 rings (SSSR count). The van der Waals surface area contributed by atoms with E-state index in [1.165, 1.54) is 7.11 Å². The fourth-order valence-electron chi connectivity index (χ4n) is 2.04. The fourth-order valence-corrected chi connectivity index (χ4v) is 5.60. The van der Waals surface area contributed by atoms with Crippen LogP contribution in [0, 0.1) is 5.92 Å². The van der Waals surface area contributed by atoms with E-state index in [1.807, 2.05) is 0 Å². The van der Waals surface area contributed by atoms with Crippen LogP contribution >= 0.6 is 0 Å². The molecule has 1 unspecified atom stereocenters. The SMILES string of the molecule is COC(=O)C(NS(=O)(=O)C1CCS(=O)(=O)CC1)C(C)C. The number of rotatable bonds is 5. The largest absolute Gasteiger partial charge is 0.468 e. The molecule has 1 aliphatic rings. The van der Waals surface area contributed by atoms with Crippen molar-refractivity contribution < 1.29 is 26.4 Å². The van der Waals surface area contributed by atoms with Gasteiger partial charge in [-0.3, -0.25) is 4.79 Å². The van der Waals surface area contributed by atoms with Crippen molar-refractivity contribution in [2.75, 3.05) is 18.6 Å². The molecule has 0 aromatic heterocycles. The minimum absolute atomic E-state index is 0.0592. The molecule has 7 nitrogen and oxygen atoms in total. The summed E-state index contributed by atoms with van der Waals surface area (Å²) in [7, 11) is -5.68. The summed E-state index contributed by atoms with van der Waals surface area (Å²) in [5, 5.41) is -0.781. The third-order valence-electron chi connectivity index (χ3n) is 3.35. The molecular formula is C11H21NO6S2. The fraction of sp³-hybridized carbons (Fsp3) is 0.909. The van der Waals surface area contributed by atoms with Gasteiger partial charge in [0.1, 0.15) is 15.9 Å². The minimum Gasteiger partial charge on any atom is -0.468 e. The predicted molar refractivity (Wildman–Crippen MR) is 74.4 cm³/mol. The second-order valence-corrected chi connectivity index (χ2v) is 9.55. The lowest BCUT2D eigenvalue weighted by molar-refractivity contribution is -0.143. The molecule has 1 N–H and O–H groups in total. The summed E-state index contributed by atoms with van der Waals surface area (Å²) in [4.78, 5) is 11.6. The topological polar surface area (TPSA) is 107 Å². The summed E-state index contributed by atoms with van der Waals surface area (Å²) in [6.07, 6.45) is 0.118. The van der Waals surface area contributed by atoms with Crippen molar-refractivity contribution in [3.63, 3.8) is 0 Å². The van der Waals surface area contributed by atoms with Crippen LogP contribution < -0.4 is 4.72 Å². The zero-order valence-corrected chi connectivity index (χ0v) is 13.5. The Kier molecular flexibility index (Phi) is 5.56. The van der Waals surface area contributed by atoms with Gasteiger partial charge in [-0.1, -0.05) is 13.8 Å². The Hall–Kier alpha value is -0.670. The maximum Gasteiger partial charge on any atom is 0.324 e. The molecule has 0 aromatic carbocycles. The Labute approximate surface area is 120 Å². The van der Waals surface area contributed by atoms with Crippen LogP contribution in [0.2, 0.25) is 0 Å². The number of sulfonamides is 1. The molecule has 1 heterocycles. The lowest BCUT2D eigenvalue weighted by Crippen LogP contribution is -2.49. The summed E-state index contributed by atoms with van der Waals surface area (Å²) in [5.41, 5.74) is 0. The van der Waals surface area contributed by atoms with Crippen molar-refractivity contribution in [2.24, 2.45) is 5.92 Å². The highest BCUT2D eigenvalue weighted by atomic mass is 32.2. The first-order valence-electron chi connectivity index (χ1n) is 6.38. The first kappa shape index (κ1) is 17.4. The third kappa shape index (κ3) is 4.42. The molecule has 20 heavy (non-hydrogen) atoms. The van der Waals surface area contributed by atoms with Gasteiger partial charge in [0.05, 0.1) is 23.9 Å². The van der Waals surface area contributed by atoms with Crippen LogP contribution in [0.3, 0.4) is 0 Å². The van der Waals surface area contributed by atoms with Crippen LogP contribution in [0.1, 0.15) is 26.7 Å². The smallest absolute Gasteiger partial charge is 0.324 e. The van der Waals surface area contributed by atoms with Crippen LogP contribution in [-0.2, 0) is 29.4 Å². The zero-order chi connectivity index (χ0) is 15.6. The van der Waals surface area contributed by atoms with E-state index in [0.717, 1.165) is 0 Å². The number of carbonyl (C=O) groups is 1. The maximum absolute atomic E-state index is 12.2. The van der Waals surface area contributed by atoms with Gasteiger partial charge in [-0.2, -0.15) is 0 Å². The van der Waals surface area contributed by atoms with Gasteiger partial charge >= 0.3 is 5.97 Å². The average molecular weight is 327 g/mol. The van der Waals surface area contributed by atoms with Gasteiger partial charge in [0.2, 0.25) is 10.0 Å². The highest BCUT2D eigenvalue weighted by Crippen LogP contribution is 2.20. The Morgan fingerprint density at radius 3 is 2.15 bits per heavy atom. The molecular weight excluding hydrogens is 306 g/mol. The molecule has 0 aliphatic carbocycles. The zero-order valence-electron chi connectivity index (χ0n) is 11.8. The number of nitrogens with one attached hydrogen (secondary N) is 1. The summed E-state index contributed by atoms with van der Waals surface area (Å²) < 4.78 is 54.0. The van der Waals surface area contributed by atoms with Gasteiger partial charge in [0, 0.05) is 0 Å². The third-order valence-corrected chi connectivity index (χ3v) is 7.00. The van der Waals surface area contributed by atoms with E-state index >= 15 is 0 Å². The minimum atomic E-state index is -3.75. The summed E-state index contributed by atoms with van der Waals surface area (Å²) >= 11 is 0. The monoisotopic (exact) mass is 327 g/mol. The van der Waals surface area contributed by atoms with E-state index in [-0.39, 0.29) is 30.3 Å². The maximum atomic E-state index is 12.2. The van der Waals surface area contributed by atoms with Crippen LogP contribution in [0.25, 0.3) is 0 Å². The van der Waals surface area contributed by atoms with Gasteiger partial charge in [0.15, 0.2) is 0 Å². The second-order valence-electron chi connectivity index (χ2n) is 5.26. The molecule has 0 spiro atoms. The van der Waals surface area contributed by atoms with E-state index in [2.05, 4.69) is 9.46 Å². The van der Waals surface area contributed by atoms with Gasteiger partial charge in [-0.25, -0.2) is 21.6 Å². The van der Waals surface area contributed by atoms with Crippen molar-refractivity contribution >= 4 is 25.8 Å². The number of carbonyl (C=O) groups excluding carboxylic acids is 1. The lowest BCUT2D eigenvalue weighted by atomic mass is 10.1. The standard InChI is InChI=1S/C11H21NO6S2/c1-8(2)10(11(13)18-3)12-20(16,17)9-4-6-19(14,15)7-5-9/h8-10,12H,4-7H2,1-3H3. The van der Waals surface area contributed by atoms with Crippen molar-refractivity contribution in [3.8, 4) is 0 Å². The molecule has 9 heteroatoms. The van der Waals surface area contributed by atoms with Crippen LogP contribution in [-0.4, -0.2) is 52.7 Å². The lowest BCUT2D eigenvalue weighted by Gasteiger charge is -2.26. The predicted octanol–water partition coefficient (Wildman–Crippen LogP) is -0.319. The van der Waals surface area contributed by atoms with Crippen LogP contribution in [0.4, 0.5) is 0 Å². The molecule has 0 aromatic rings. The molecule has 0 amide bonds. The molecule has 0 radical (unpaired) electrons. The van der Waals surface area contributed by atoms with Gasteiger partial charge in [0.25, 0.3) is 0 Å². The van der Waals surface area contributed by atoms with Crippen molar-refractivity contribution in [3.05, 3.63) is 0 Å². The second kappa shape index (κ2) is 6.40. The normalized spacial score (nSPS) is 21.6. The Morgan fingerprint density at radius 2 is 1.75 bits per heavy atom. The Balaban J connectivity index is 2.81. The number of hydrogen-bond donors (Lipinski definition) is 1. The quantitative estimate of drug-likeness (QED) is 0.694. The average Bonchev–Trinajstić information content (AvgIpc) is 2.34. The van der Waals surface area contributed by atoms with Crippen molar-refractivity contribution in [2.45, 2.75) is 38.0 Å². The Bertz CT molecular complexity index is 537. The molecule has 0 saturated carbocycles. The van der Waals surface area contributed by atoms with E-state index in [1.54, 1.807) is 13.8 Å². The molecule has 1 saturated heterocycles. The first-order valence-corrected chi connectivity index (χ1v) is 9.75. The highest BCUT2D eigenvalue weighted by Gasteiger charge is 2.36. The van der Waals surface area contributed by atoms with Crippen molar-refractivity contribution in [1.82, 2.24) is 4.72 Å². The molecule has 0 bridgehead atoms. The number of hydrogen-bond acceptors (Lipinski definition) is 6. The Morgan fingerprint density at radius 1 is 1.25 bits per heavy atom. The summed E-state index contributed by atoms with van der Waals surface area (Å²) in [6.45, 7) is 3.41. The molecule has 118 valence electrons. The number of ether oxygens (including phenoxy) is 1. The number of methoxy groups -OCH3 is 1. The molecule has 1 fully saturated rings. The van der Waals surface area contributed by atoms with E-state index in [4.69, 9.17) is 0 Å². The van der Waals surface area contributed by atoms with E-state index < -0.39 is 37.1 Å². The summed E-state index contributed by atoms with van der Waals surface area (Å²) in [5.74, 6) is -1.18. The number of sulfone groups is 1. The van der Waals surface area contributed by atoms with Gasteiger partial charge in [-0.15, -0.1) is 0 Å². The van der Waals surface area contributed by atoms with E-state index in [9.17, 15) is 21.6 Å². The van der Waals surface area contributed by atoms with Crippen LogP contribution in [0.15, 0.2) is 0 Å². The first-order chi connectivity index (χ1) is 9.09. The molecule has 1 aliphatic heterocycles. The molecule has 1 atom stereocenters.